The van der Waals surface area contributed by atoms with Crippen LogP contribution >= 0.6 is 11.8 Å². The van der Waals surface area contributed by atoms with Gasteiger partial charge >= 0.3 is 0 Å². The summed E-state index contributed by atoms with van der Waals surface area (Å²) in [4.78, 5) is 12.3. The first-order valence-electron chi connectivity index (χ1n) is 9.61. The molecule has 7 heteroatoms. The Kier molecular flexibility index (Phi) is 6.93. The Morgan fingerprint density at radius 3 is 2.45 bits per heavy atom. The van der Waals surface area contributed by atoms with E-state index in [0.717, 1.165) is 17.0 Å². The van der Waals surface area contributed by atoms with Crippen LogP contribution in [-0.4, -0.2) is 32.0 Å². The second-order valence-electron chi connectivity index (χ2n) is 7.05. The predicted octanol–water partition coefficient (Wildman–Crippen LogP) is 4.16. The fraction of sp³-hybridized carbons (Fsp3) is 0.318. The Labute approximate surface area is 175 Å². The number of ether oxygens (including phenoxy) is 1. The lowest BCUT2D eigenvalue weighted by atomic mass is 10.2. The SMILES string of the molecule is Cc1ccccc1OCc1nnc(S[C@@H](C)C(=O)NC(C)C)n1-c1ccccc1. The van der Waals surface area contributed by atoms with E-state index in [0.29, 0.717) is 11.0 Å². The minimum absolute atomic E-state index is 0.0228. The molecule has 0 saturated carbocycles. The summed E-state index contributed by atoms with van der Waals surface area (Å²) in [6.07, 6.45) is 0. The number of carbonyl (C=O) groups is 1. The van der Waals surface area contributed by atoms with Gasteiger partial charge in [0.1, 0.15) is 12.4 Å². The first-order chi connectivity index (χ1) is 14.0. The highest BCUT2D eigenvalue weighted by Crippen LogP contribution is 2.27. The molecule has 1 heterocycles. The third-order valence-electron chi connectivity index (χ3n) is 4.25. The fourth-order valence-electron chi connectivity index (χ4n) is 2.78. The molecule has 2 aromatic carbocycles. The Morgan fingerprint density at radius 1 is 1.07 bits per heavy atom. The number of hydrogen-bond acceptors (Lipinski definition) is 5. The Balaban J connectivity index is 1.85. The number of nitrogens with zero attached hydrogens (tertiary/aromatic N) is 3. The number of rotatable bonds is 8. The molecule has 1 aromatic heterocycles. The number of thioether (sulfide) groups is 1. The van der Waals surface area contributed by atoms with Crippen molar-refractivity contribution in [3.05, 3.63) is 66.0 Å². The predicted molar refractivity (Wildman–Crippen MR) is 115 cm³/mol. The smallest absolute Gasteiger partial charge is 0.233 e. The summed E-state index contributed by atoms with van der Waals surface area (Å²) >= 11 is 1.38. The number of carbonyl (C=O) groups excluding carboxylic acids is 1. The van der Waals surface area contributed by atoms with Gasteiger partial charge in [-0.25, -0.2) is 0 Å². The average Bonchev–Trinajstić information content (AvgIpc) is 3.10. The second-order valence-corrected chi connectivity index (χ2v) is 8.36. The van der Waals surface area contributed by atoms with Crippen LogP contribution in [0, 0.1) is 6.92 Å². The summed E-state index contributed by atoms with van der Waals surface area (Å²) in [5.41, 5.74) is 1.99. The summed E-state index contributed by atoms with van der Waals surface area (Å²) in [5.74, 6) is 1.47. The van der Waals surface area contributed by atoms with Crippen LogP contribution in [0.2, 0.25) is 0 Å². The molecule has 0 aliphatic heterocycles. The zero-order valence-corrected chi connectivity index (χ0v) is 17.9. The molecule has 1 atom stereocenters. The molecule has 0 aliphatic rings. The second kappa shape index (κ2) is 9.60. The Hall–Kier alpha value is -2.80. The molecule has 0 saturated heterocycles. The molecule has 0 radical (unpaired) electrons. The van der Waals surface area contributed by atoms with E-state index in [4.69, 9.17) is 4.74 Å². The van der Waals surface area contributed by atoms with Crippen molar-refractivity contribution in [2.75, 3.05) is 0 Å². The molecule has 0 unspecified atom stereocenters. The summed E-state index contributed by atoms with van der Waals surface area (Å²) < 4.78 is 7.94. The first kappa shape index (κ1) is 20.9. The van der Waals surface area contributed by atoms with Gasteiger partial charge in [-0.1, -0.05) is 48.2 Å². The molecule has 6 nitrogen and oxygen atoms in total. The summed E-state index contributed by atoms with van der Waals surface area (Å²) in [6, 6.07) is 17.8. The van der Waals surface area contributed by atoms with Crippen molar-refractivity contribution in [1.82, 2.24) is 20.1 Å². The molecular formula is C22H26N4O2S. The fourth-order valence-corrected chi connectivity index (χ4v) is 3.68. The third kappa shape index (κ3) is 5.38. The summed E-state index contributed by atoms with van der Waals surface area (Å²) in [7, 11) is 0. The molecule has 3 aromatic rings. The molecule has 1 amide bonds. The van der Waals surface area contributed by atoms with E-state index in [2.05, 4.69) is 15.5 Å². The summed E-state index contributed by atoms with van der Waals surface area (Å²) in [6.45, 7) is 8.05. The number of aryl methyl sites for hydroxylation is 1. The minimum atomic E-state index is -0.297. The zero-order chi connectivity index (χ0) is 20.8. The van der Waals surface area contributed by atoms with Crippen molar-refractivity contribution in [2.45, 2.75) is 50.8 Å². The number of para-hydroxylation sites is 2. The largest absolute Gasteiger partial charge is 0.485 e. The standard InChI is InChI=1S/C22H26N4O2S/c1-15(2)23-21(27)17(4)29-22-25-24-20(26(22)18-11-6-5-7-12-18)14-28-19-13-9-8-10-16(19)3/h5-13,15,17H,14H2,1-4H3,(H,23,27)/t17-/m0/s1. The maximum atomic E-state index is 12.3. The van der Waals surface area contributed by atoms with Crippen LogP contribution < -0.4 is 10.1 Å². The van der Waals surface area contributed by atoms with E-state index in [1.165, 1.54) is 11.8 Å². The number of benzene rings is 2. The Morgan fingerprint density at radius 2 is 1.76 bits per heavy atom. The van der Waals surface area contributed by atoms with Gasteiger partial charge in [0.15, 0.2) is 11.0 Å². The maximum Gasteiger partial charge on any atom is 0.233 e. The average molecular weight is 411 g/mol. The molecule has 0 spiro atoms. The van der Waals surface area contributed by atoms with Gasteiger partial charge in [-0.2, -0.15) is 0 Å². The normalized spacial score (nSPS) is 12.0. The van der Waals surface area contributed by atoms with Crippen LogP contribution in [0.5, 0.6) is 5.75 Å². The van der Waals surface area contributed by atoms with Crippen LogP contribution in [0.25, 0.3) is 5.69 Å². The number of aromatic nitrogens is 3. The highest BCUT2D eigenvalue weighted by atomic mass is 32.2. The molecule has 0 aliphatic carbocycles. The van der Waals surface area contributed by atoms with Crippen molar-refractivity contribution in [2.24, 2.45) is 0 Å². The van der Waals surface area contributed by atoms with Crippen molar-refractivity contribution < 1.29 is 9.53 Å². The lowest BCUT2D eigenvalue weighted by Crippen LogP contribution is -2.36. The van der Waals surface area contributed by atoms with E-state index >= 15 is 0 Å². The van der Waals surface area contributed by atoms with Gasteiger partial charge in [-0.3, -0.25) is 9.36 Å². The molecule has 0 bridgehead atoms. The summed E-state index contributed by atoms with van der Waals surface area (Å²) in [5, 5.41) is 12.0. The van der Waals surface area contributed by atoms with Crippen LogP contribution in [0.3, 0.4) is 0 Å². The van der Waals surface area contributed by atoms with E-state index < -0.39 is 0 Å². The minimum Gasteiger partial charge on any atom is -0.485 e. The van der Waals surface area contributed by atoms with Crippen LogP contribution in [0.15, 0.2) is 59.8 Å². The van der Waals surface area contributed by atoms with Gasteiger partial charge in [0.25, 0.3) is 0 Å². The van der Waals surface area contributed by atoms with Crippen molar-refractivity contribution in [1.29, 1.82) is 0 Å². The van der Waals surface area contributed by atoms with E-state index in [9.17, 15) is 4.79 Å². The molecular weight excluding hydrogens is 384 g/mol. The maximum absolute atomic E-state index is 12.3. The number of hydrogen-bond donors (Lipinski definition) is 1. The van der Waals surface area contributed by atoms with Gasteiger partial charge in [-0.15, -0.1) is 10.2 Å². The van der Waals surface area contributed by atoms with Gasteiger partial charge < -0.3 is 10.1 Å². The van der Waals surface area contributed by atoms with E-state index in [1.54, 1.807) is 0 Å². The van der Waals surface area contributed by atoms with Gasteiger partial charge in [0.2, 0.25) is 5.91 Å². The zero-order valence-electron chi connectivity index (χ0n) is 17.1. The highest BCUT2D eigenvalue weighted by Gasteiger charge is 2.21. The monoisotopic (exact) mass is 410 g/mol. The van der Waals surface area contributed by atoms with Crippen molar-refractivity contribution >= 4 is 17.7 Å². The van der Waals surface area contributed by atoms with E-state index in [1.807, 2.05) is 86.9 Å². The lowest BCUT2D eigenvalue weighted by molar-refractivity contribution is -0.120. The van der Waals surface area contributed by atoms with Crippen LogP contribution in [0.4, 0.5) is 0 Å². The van der Waals surface area contributed by atoms with E-state index in [-0.39, 0.29) is 23.8 Å². The van der Waals surface area contributed by atoms with Gasteiger partial charge in [-0.05, 0) is 51.5 Å². The molecule has 29 heavy (non-hydrogen) atoms. The number of nitrogens with one attached hydrogen (secondary N) is 1. The molecule has 0 fully saturated rings. The molecule has 1 N–H and O–H groups in total. The van der Waals surface area contributed by atoms with Crippen LogP contribution in [0.1, 0.15) is 32.2 Å². The van der Waals surface area contributed by atoms with Crippen LogP contribution in [-0.2, 0) is 11.4 Å². The third-order valence-corrected chi connectivity index (χ3v) is 5.29. The Bertz CT molecular complexity index is 956. The lowest BCUT2D eigenvalue weighted by Gasteiger charge is -2.15. The number of amides is 1. The van der Waals surface area contributed by atoms with Gasteiger partial charge in [0, 0.05) is 11.7 Å². The quantitative estimate of drug-likeness (QED) is 0.565. The first-order valence-corrected chi connectivity index (χ1v) is 10.5. The van der Waals surface area contributed by atoms with Crippen molar-refractivity contribution in [3.63, 3.8) is 0 Å². The topological polar surface area (TPSA) is 69.0 Å². The van der Waals surface area contributed by atoms with Gasteiger partial charge in [0.05, 0.1) is 5.25 Å². The molecule has 152 valence electrons. The molecule has 3 rings (SSSR count). The van der Waals surface area contributed by atoms with Crippen molar-refractivity contribution in [3.8, 4) is 11.4 Å². The highest BCUT2D eigenvalue weighted by molar-refractivity contribution is 8.00.